The zero-order valence-electron chi connectivity index (χ0n) is 15.0. The first-order chi connectivity index (χ1) is 12.1. The normalized spacial score (nSPS) is 16.4. The van der Waals surface area contributed by atoms with Crippen LogP contribution in [-0.4, -0.2) is 21.5 Å². The summed E-state index contributed by atoms with van der Waals surface area (Å²) < 4.78 is 14.7. The molecule has 0 aliphatic heterocycles. The average Bonchev–Trinajstić information content (AvgIpc) is 2.93. The molecule has 25 heavy (non-hydrogen) atoms. The summed E-state index contributed by atoms with van der Waals surface area (Å²) in [5.74, 6) is -0.313. The molecule has 1 saturated carbocycles. The van der Waals surface area contributed by atoms with E-state index in [1.54, 1.807) is 12.1 Å². The molecule has 0 bridgehead atoms. The molecule has 0 amide bonds. The van der Waals surface area contributed by atoms with Gasteiger partial charge < -0.3 is 0 Å². The van der Waals surface area contributed by atoms with Crippen LogP contribution in [0.1, 0.15) is 63.6 Å². The Hall–Kier alpha value is -2.17. The third kappa shape index (κ3) is 3.91. The molecule has 5 heteroatoms. The second-order valence-corrected chi connectivity index (χ2v) is 6.84. The summed E-state index contributed by atoms with van der Waals surface area (Å²) in [6, 6.07) is 6.28. The minimum absolute atomic E-state index is 0.105. The molecule has 0 unspecified atom stereocenters. The molecule has 4 nitrogen and oxygen atoms in total. The fourth-order valence-corrected chi connectivity index (χ4v) is 3.61. The highest BCUT2D eigenvalue weighted by molar-refractivity contribution is 5.99. The van der Waals surface area contributed by atoms with Crippen LogP contribution in [0, 0.1) is 5.82 Å². The highest BCUT2D eigenvalue weighted by Gasteiger charge is 2.19. The monoisotopic (exact) mass is 343 g/mol. The standard InChI is InChI=1S/C20H26FN3O/c1-3-7-18-19(14(2)22-16-8-5-4-6-9-16)20(25)24(23-18)17-12-10-15(21)11-13-17/h10-13,16,23H,3-9H2,1-2H3. The number of hydrogen-bond donors (Lipinski definition) is 1. The number of nitrogens with one attached hydrogen (secondary N) is 1. The van der Waals surface area contributed by atoms with Gasteiger partial charge in [-0.1, -0.05) is 32.6 Å². The van der Waals surface area contributed by atoms with Crippen molar-refractivity contribution in [2.75, 3.05) is 0 Å². The van der Waals surface area contributed by atoms with Crippen LogP contribution in [0.2, 0.25) is 0 Å². The van der Waals surface area contributed by atoms with E-state index in [4.69, 9.17) is 4.99 Å². The Bertz CT molecular complexity index is 795. The van der Waals surface area contributed by atoms with Crippen LogP contribution in [0.15, 0.2) is 34.1 Å². The topological polar surface area (TPSA) is 50.1 Å². The molecule has 1 fully saturated rings. The molecule has 2 aromatic rings. The molecule has 1 aromatic carbocycles. The zero-order chi connectivity index (χ0) is 17.8. The molecule has 0 atom stereocenters. The van der Waals surface area contributed by atoms with Gasteiger partial charge in [0.2, 0.25) is 0 Å². The van der Waals surface area contributed by atoms with E-state index < -0.39 is 0 Å². The number of hydrogen-bond acceptors (Lipinski definition) is 2. The first-order valence-electron chi connectivity index (χ1n) is 9.24. The first-order valence-corrected chi connectivity index (χ1v) is 9.24. The van der Waals surface area contributed by atoms with Crippen molar-refractivity contribution in [1.82, 2.24) is 9.78 Å². The van der Waals surface area contributed by atoms with Gasteiger partial charge in [0, 0.05) is 11.4 Å². The molecule has 134 valence electrons. The maximum absolute atomic E-state index is 13.2. The van der Waals surface area contributed by atoms with Gasteiger partial charge >= 0.3 is 0 Å². The Kier molecular flexibility index (Phi) is 5.51. The lowest BCUT2D eigenvalue weighted by atomic mass is 9.95. The van der Waals surface area contributed by atoms with Gasteiger partial charge in [0.15, 0.2) is 0 Å². The van der Waals surface area contributed by atoms with E-state index in [9.17, 15) is 9.18 Å². The zero-order valence-corrected chi connectivity index (χ0v) is 15.0. The van der Waals surface area contributed by atoms with Crippen molar-refractivity contribution in [3.05, 3.63) is 51.7 Å². The Labute approximate surface area is 147 Å². The summed E-state index contributed by atoms with van der Waals surface area (Å²) in [6.07, 6.45) is 7.66. The Morgan fingerprint density at radius 1 is 1.24 bits per heavy atom. The third-order valence-corrected chi connectivity index (χ3v) is 4.86. The van der Waals surface area contributed by atoms with Crippen molar-refractivity contribution in [3.8, 4) is 5.69 Å². The molecule has 0 saturated heterocycles. The van der Waals surface area contributed by atoms with E-state index >= 15 is 0 Å². The maximum atomic E-state index is 13.2. The SMILES string of the molecule is CCCc1[nH]n(-c2ccc(F)cc2)c(=O)c1C(C)=NC1CCCCC1. The number of aryl methyl sites for hydroxylation is 1. The van der Waals surface area contributed by atoms with E-state index in [1.165, 1.54) is 36.1 Å². The quantitative estimate of drug-likeness (QED) is 0.804. The van der Waals surface area contributed by atoms with Crippen LogP contribution in [0.5, 0.6) is 0 Å². The molecular weight excluding hydrogens is 317 g/mol. The Morgan fingerprint density at radius 2 is 1.92 bits per heavy atom. The molecule has 1 aromatic heterocycles. The number of benzene rings is 1. The highest BCUT2D eigenvalue weighted by Crippen LogP contribution is 2.21. The predicted molar refractivity (Wildman–Crippen MR) is 99.4 cm³/mol. The van der Waals surface area contributed by atoms with E-state index in [0.717, 1.165) is 37.1 Å². The summed E-state index contributed by atoms with van der Waals surface area (Å²) in [6.45, 7) is 4.03. The lowest BCUT2D eigenvalue weighted by molar-refractivity contribution is 0.443. The van der Waals surface area contributed by atoms with Gasteiger partial charge in [-0.2, -0.15) is 0 Å². The number of H-pyrrole nitrogens is 1. The predicted octanol–water partition coefficient (Wildman–Crippen LogP) is 4.40. The summed E-state index contributed by atoms with van der Waals surface area (Å²) in [7, 11) is 0. The van der Waals surface area contributed by atoms with E-state index in [2.05, 4.69) is 12.0 Å². The van der Waals surface area contributed by atoms with Gasteiger partial charge in [-0.05, 0) is 50.5 Å². The van der Waals surface area contributed by atoms with Gasteiger partial charge in [-0.25, -0.2) is 9.07 Å². The number of rotatable bonds is 5. The fourth-order valence-electron chi connectivity index (χ4n) is 3.61. The third-order valence-electron chi connectivity index (χ3n) is 4.86. The molecular formula is C20H26FN3O. The summed E-state index contributed by atoms with van der Waals surface area (Å²) in [5.41, 5.74) is 2.94. The highest BCUT2D eigenvalue weighted by atomic mass is 19.1. The Balaban J connectivity index is 2.01. The van der Waals surface area contributed by atoms with E-state index in [0.29, 0.717) is 17.3 Å². The average molecular weight is 343 g/mol. The van der Waals surface area contributed by atoms with Crippen molar-refractivity contribution in [1.29, 1.82) is 0 Å². The molecule has 1 aliphatic rings. The lowest BCUT2D eigenvalue weighted by Crippen LogP contribution is -2.21. The molecule has 0 spiro atoms. The van der Waals surface area contributed by atoms with Crippen molar-refractivity contribution in [3.63, 3.8) is 0 Å². The van der Waals surface area contributed by atoms with Crippen LogP contribution in [0.25, 0.3) is 5.69 Å². The van der Waals surface area contributed by atoms with Crippen LogP contribution in [0.4, 0.5) is 4.39 Å². The summed E-state index contributed by atoms with van der Waals surface area (Å²) in [4.78, 5) is 17.8. The maximum Gasteiger partial charge on any atom is 0.280 e. The minimum atomic E-state index is -0.313. The van der Waals surface area contributed by atoms with Gasteiger partial charge in [0.05, 0.1) is 17.3 Å². The van der Waals surface area contributed by atoms with Gasteiger partial charge in [-0.15, -0.1) is 0 Å². The number of aliphatic imine (C=N–C) groups is 1. The summed E-state index contributed by atoms with van der Waals surface area (Å²) in [5, 5.41) is 3.21. The lowest BCUT2D eigenvalue weighted by Gasteiger charge is -2.18. The van der Waals surface area contributed by atoms with Crippen LogP contribution in [-0.2, 0) is 6.42 Å². The van der Waals surface area contributed by atoms with Crippen LogP contribution < -0.4 is 5.56 Å². The molecule has 1 heterocycles. The minimum Gasteiger partial charge on any atom is -0.294 e. The molecule has 0 radical (unpaired) electrons. The van der Waals surface area contributed by atoms with E-state index in [1.807, 2.05) is 6.92 Å². The number of nitrogens with zero attached hydrogens (tertiary/aromatic N) is 2. The smallest absolute Gasteiger partial charge is 0.280 e. The molecule has 3 rings (SSSR count). The van der Waals surface area contributed by atoms with Crippen LogP contribution in [0.3, 0.4) is 0 Å². The molecule has 1 aliphatic carbocycles. The molecule has 1 N–H and O–H groups in total. The second-order valence-electron chi connectivity index (χ2n) is 6.84. The number of aromatic amines is 1. The van der Waals surface area contributed by atoms with Gasteiger partial charge in [0.25, 0.3) is 5.56 Å². The second kappa shape index (κ2) is 7.81. The Morgan fingerprint density at radius 3 is 2.56 bits per heavy atom. The number of halogens is 1. The van der Waals surface area contributed by atoms with E-state index in [-0.39, 0.29) is 11.4 Å². The van der Waals surface area contributed by atoms with Gasteiger partial charge in [0.1, 0.15) is 5.82 Å². The first kappa shape index (κ1) is 17.6. The van der Waals surface area contributed by atoms with Crippen LogP contribution >= 0.6 is 0 Å². The van der Waals surface area contributed by atoms with Crippen molar-refractivity contribution >= 4 is 5.71 Å². The largest absolute Gasteiger partial charge is 0.294 e. The fraction of sp³-hybridized carbons (Fsp3) is 0.500. The number of aromatic nitrogens is 2. The van der Waals surface area contributed by atoms with Gasteiger partial charge in [-0.3, -0.25) is 14.9 Å². The summed E-state index contributed by atoms with van der Waals surface area (Å²) >= 11 is 0. The van der Waals surface area contributed by atoms with Crippen molar-refractivity contribution in [2.24, 2.45) is 4.99 Å². The van der Waals surface area contributed by atoms with Crippen molar-refractivity contribution in [2.45, 2.75) is 64.8 Å². The van der Waals surface area contributed by atoms with Crippen molar-refractivity contribution < 1.29 is 4.39 Å².